The molecule has 22 heavy (non-hydrogen) atoms. The van der Waals surface area contributed by atoms with Gasteiger partial charge in [0.2, 0.25) is 0 Å². The van der Waals surface area contributed by atoms with Crippen LogP contribution in [0.15, 0.2) is 48.5 Å². The van der Waals surface area contributed by atoms with Gasteiger partial charge in [0.15, 0.2) is 0 Å². The number of hydrogen-bond acceptors (Lipinski definition) is 2. The first-order valence-corrected chi connectivity index (χ1v) is 8.02. The zero-order valence-electron chi connectivity index (χ0n) is 13.2. The van der Waals surface area contributed by atoms with Crippen LogP contribution in [0.5, 0.6) is 5.75 Å². The van der Waals surface area contributed by atoms with Crippen LogP contribution >= 0.6 is 0 Å². The topological polar surface area (TPSA) is 33.0 Å². The summed E-state index contributed by atoms with van der Waals surface area (Å²) in [6.45, 7) is 2.73. The van der Waals surface area contributed by atoms with Crippen molar-refractivity contribution in [3.8, 4) is 11.8 Å². The van der Waals surface area contributed by atoms with Crippen molar-refractivity contribution in [1.29, 1.82) is 5.26 Å². The molecular weight excluding hydrogens is 270 g/mol. The molecule has 0 saturated carbocycles. The fourth-order valence-corrected chi connectivity index (χ4v) is 2.41. The molecule has 2 aromatic carbocycles. The molecule has 2 nitrogen and oxygen atoms in total. The van der Waals surface area contributed by atoms with Gasteiger partial charge in [-0.05, 0) is 48.2 Å². The third-order valence-corrected chi connectivity index (χ3v) is 3.70. The minimum absolute atomic E-state index is 0.491. The summed E-state index contributed by atoms with van der Waals surface area (Å²) in [5.74, 6) is 0.875. The molecule has 2 rings (SSSR count). The van der Waals surface area contributed by atoms with E-state index in [2.05, 4.69) is 25.1 Å². The lowest BCUT2D eigenvalue weighted by Crippen LogP contribution is -1.96. The second kappa shape index (κ2) is 8.89. The van der Waals surface area contributed by atoms with E-state index >= 15 is 0 Å². The molecule has 2 aromatic rings. The van der Waals surface area contributed by atoms with E-state index in [1.165, 1.54) is 31.2 Å². The zero-order valence-corrected chi connectivity index (χ0v) is 13.2. The van der Waals surface area contributed by atoms with Crippen LogP contribution in [0, 0.1) is 11.3 Å². The highest BCUT2D eigenvalue weighted by Crippen LogP contribution is 2.16. The molecule has 0 radical (unpaired) electrons. The number of nitriles is 1. The van der Waals surface area contributed by atoms with E-state index in [1.807, 2.05) is 30.3 Å². The van der Waals surface area contributed by atoms with Crippen molar-refractivity contribution in [2.75, 3.05) is 0 Å². The molecule has 0 heterocycles. The van der Waals surface area contributed by atoms with Crippen molar-refractivity contribution < 1.29 is 4.74 Å². The molecule has 0 amide bonds. The predicted octanol–water partition coefficient (Wildman–Crippen LogP) is 5.26. The standard InChI is InChI=1S/C20H23NO/c1-2-3-4-5-7-17-10-12-20(13-11-17)22-16-19-9-6-8-18(14-19)15-21/h6,8-14H,2-5,7,16H2,1H3. The summed E-state index contributed by atoms with van der Waals surface area (Å²) in [5.41, 5.74) is 3.06. The molecular formula is C20H23NO. The molecule has 0 aromatic heterocycles. The Morgan fingerprint density at radius 2 is 1.77 bits per heavy atom. The average molecular weight is 293 g/mol. The van der Waals surface area contributed by atoms with Gasteiger partial charge in [-0.2, -0.15) is 5.26 Å². The molecule has 0 saturated heterocycles. The minimum atomic E-state index is 0.491. The number of nitrogens with zero attached hydrogens (tertiary/aromatic N) is 1. The summed E-state index contributed by atoms with van der Waals surface area (Å²) in [7, 11) is 0. The van der Waals surface area contributed by atoms with E-state index in [0.717, 1.165) is 17.7 Å². The normalized spacial score (nSPS) is 10.2. The Hall–Kier alpha value is -2.27. The quantitative estimate of drug-likeness (QED) is 0.622. The highest BCUT2D eigenvalue weighted by molar-refractivity contribution is 5.33. The Morgan fingerprint density at radius 3 is 2.50 bits per heavy atom. The SMILES string of the molecule is CCCCCCc1ccc(OCc2cccc(C#N)c2)cc1. The third-order valence-electron chi connectivity index (χ3n) is 3.70. The van der Waals surface area contributed by atoms with Crippen LogP contribution in [0.25, 0.3) is 0 Å². The van der Waals surface area contributed by atoms with Gasteiger partial charge in [-0.3, -0.25) is 0 Å². The smallest absolute Gasteiger partial charge is 0.119 e. The third kappa shape index (κ3) is 5.26. The van der Waals surface area contributed by atoms with Gasteiger partial charge in [-0.1, -0.05) is 50.5 Å². The summed E-state index contributed by atoms with van der Waals surface area (Å²) >= 11 is 0. The maximum atomic E-state index is 8.89. The summed E-state index contributed by atoms with van der Waals surface area (Å²) in [6.07, 6.45) is 6.31. The number of benzene rings is 2. The fraction of sp³-hybridized carbons (Fsp3) is 0.350. The van der Waals surface area contributed by atoms with E-state index in [0.29, 0.717) is 12.2 Å². The number of rotatable bonds is 8. The summed E-state index contributed by atoms with van der Waals surface area (Å²) in [6, 6.07) is 18.0. The molecule has 0 unspecified atom stereocenters. The first-order valence-electron chi connectivity index (χ1n) is 8.02. The molecule has 0 atom stereocenters. The highest BCUT2D eigenvalue weighted by atomic mass is 16.5. The van der Waals surface area contributed by atoms with Gasteiger partial charge in [0, 0.05) is 0 Å². The molecule has 2 heteroatoms. The Labute approximate surface area is 133 Å². The average Bonchev–Trinajstić information content (AvgIpc) is 2.58. The van der Waals surface area contributed by atoms with Crippen LogP contribution < -0.4 is 4.74 Å². The lowest BCUT2D eigenvalue weighted by atomic mass is 10.1. The number of unbranched alkanes of at least 4 members (excludes halogenated alkanes) is 3. The Balaban J connectivity index is 1.82. The van der Waals surface area contributed by atoms with Crippen molar-refractivity contribution in [2.45, 2.75) is 45.6 Å². The lowest BCUT2D eigenvalue weighted by molar-refractivity contribution is 0.306. The Kier molecular flexibility index (Phi) is 6.51. The van der Waals surface area contributed by atoms with Gasteiger partial charge in [0.05, 0.1) is 11.6 Å². The van der Waals surface area contributed by atoms with Gasteiger partial charge in [0.25, 0.3) is 0 Å². The van der Waals surface area contributed by atoms with Gasteiger partial charge in [-0.15, -0.1) is 0 Å². The van der Waals surface area contributed by atoms with Crippen LogP contribution in [0.1, 0.15) is 49.3 Å². The predicted molar refractivity (Wildman–Crippen MR) is 89.8 cm³/mol. The minimum Gasteiger partial charge on any atom is -0.489 e. The van der Waals surface area contributed by atoms with Gasteiger partial charge in [0.1, 0.15) is 12.4 Å². The molecule has 0 N–H and O–H groups in total. The molecule has 0 aliphatic carbocycles. The van der Waals surface area contributed by atoms with E-state index < -0.39 is 0 Å². The van der Waals surface area contributed by atoms with Gasteiger partial charge < -0.3 is 4.74 Å². The van der Waals surface area contributed by atoms with Crippen molar-refractivity contribution >= 4 is 0 Å². The summed E-state index contributed by atoms with van der Waals surface area (Å²) in [5, 5.41) is 8.89. The van der Waals surface area contributed by atoms with Crippen molar-refractivity contribution in [2.24, 2.45) is 0 Å². The van der Waals surface area contributed by atoms with Crippen LogP contribution in [0.2, 0.25) is 0 Å². The van der Waals surface area contributed by atoms with Crippen LogP contribution in [-0.2, 0) is 13.0 Å². The molecule has 0 aliphatic heterocycles. The summed E-state index contributed by atoms with van der Waals surface area (Å²) < 4.78 is 5.78. The van der Waals surface area contributed by atoms with Crippen LogP contribution in [0.4, 0.5) is 0 Å². The largest absolute Gasteiger partial charge is 0.489 e. The Bertz CT molecular complexity index is 610. The van der Waals surface area contributed by atoms with Crippen LogP contribution in [-0.4, -0.2) is 0 Å². The van der Waals surface area contributed by atoms with E-state index in [9.17, 15) is 0 Å². The molecule has 0 bridgehead atoms. The maximum Gasteiger partial charge on any atom is 0.119 e. The molecule has 0 spiro atoms. The first-order chi connectivity index (χ1) is 10.8. The second-order valence-electron chi connectivity index (χ2n) is 5.56. The number of ether oxygens (including phenoxy) is 1. The van der Waals surface area contributed by atoms with Crippen molar-refractivity contribution in [3.63, 3.8) is 0 Å². The van der Waals surface area contributed by atoms with E-state index in [4.69, 9.17) is 10.00 Å². The fourth-order valence-electron chi connectivity index (χ4n) is 2.41. The monoisotopic (exact) mass is 293 g/mol. The first kappa shape index (κ1) is 16.1. The number of hydrogen-bond donors (Lipinski definition) is 0. The van der Waals surface area contributed by atoms with Gasteiger partial charge in [-0.25, -0.2) is 0 Å². The van der Waals surface area contributed by atoms with Crippen molar-refractivity contribution in [3.05, 3.63) is 65.2 Å². The van der Waals surface area contributed by atoms with E-state index in [1.54, 1.807) is 6.07 Å². The lowest BCUT2D eigenvalue weighted by Gasteiger charge is -2.08. The highest BCUT2D eigenvalue weighted by Gasteiger charge is 1.99. The van der Waals surface area contributed by atoms with Gasteiger partial charge >= 0.3 is 0 Å². The summed E-state index contributed by atoms with van der Waals surface area (Å²) in [4.78, 5) is 0. The van der Waals surface area contributed by atoms with E-state index in [-0.39, 0.29) is 0 Å². The zero-order chi connectivity index (χ0) is 15.6. The molecule has 0 aliphatic rings. The van der Waals surface area contributed by atoms with Crippen LogP contribution in [0.3, 0.4) is 0 Å². The number of aryl methyl sites for hydroxylation is 1. The second-order valence-corrected chi connectivity index (χ2v) is 5.56. The molecule has 114 valence electrons. The maximum absolute atomic E-state index is 8.89. The molecule has 0 fully saturated rings. The van der Waals surface area contributed by atoms with Crippen molar-refractivity contribution in [1.82, 2.24) is 0 Å². The Morgan fingerprint density at radius 1 is 0.955 bits per heavy atom.